The van der Waals surface area contributed by atoms with Gasteiger partial charge in [-0.05, 0) is 28.8 Å². The summed E-state index contributed by atoms with van der Waals surface area (Å²) in [6.45, 7) is 2.20. The fraction of sp³-hybridized carbons (Fsp3) is 0.125. The van der Waals surface area contributed by atoms with Gasteiger partial charge >= 0.3 is 0 Å². The van der Waals surface area contributed by atoms with Gasteiger partial charge in [0.05, 0.1) is 0 Å². The molecule has 0 heterocycles. The third kappa shape index (κ3) is 1.38. The monoisotopic (exact) mass is 206 g/mol. The van der Waals surface area contributed by atoms with E-state index in [1.807, 2.05) is 0 Å². The highest BCUT2D eigenvalue weighted by Gasteiger charge is 2.12. The first-order chi connectivity index (χ1) is 7.86. The van der Waals surface area contributed by atoms with E-state index >= 15 is 0 Å². The lowest BCUT2D eigenvalue weighted by Crippen LogP contribution is -1.94. The van der Waals surface area contributed by atoms with Crippen LogP contribution in [0.5, 0.6) is 0 Å². The van der Waals surface area contributed by atoms with Crippen LogP contribution in [0.1, 0.15) is 17.0 Å². The van der Waals surface area contributed by atoms with Gasteiger partial charge in [0, 0.05) is 5.92 Å². The van der Waals surface area contributed by atoms with Crippen LogP contribution in [0.25, 0.3) is 10.8 Å². The summed E-state index contributed by atoms with van der Waals surface area (Å²) in [5, 5.41) is 2.71. The molecule has 0 N–H and O–H groups in total. The summed E-state index contributed by atoms with van der Waals surface area (Å²) in [5.74, 6) is 0.450. The SMILES string of the molecule is Cc1ccc2ccccc2c1C1C=CC=C1. The van der Waals surface area contributed by atoms with Crippen molar-refractivity contribution in [2.75, 3.05) is 0 Å². The molecule has 1 aliphatic carbocycles. The lowest BCUT2D eigenvalue weighted by molar-refractivity contribution is 1.10. The first kappa shape index (κ1) is 9.41. The topological polar surface area (TPSA) is 0 Å². The highest BCUT2D eigenvalue weighted by atomic mass is 14.2. The number of rotatable bonds is 1. The van der Waals surface area contributed by atoms with E-state index in [0.29, 0.717) is 5.92 Å². The number of benzene rings is 2. The summed E-state index contributed by atoms with van der Waals surface area (Å²) in [7, 11) is 0. The zero-order valence-corrected chi connectivity index (χ0v) is 9.35. The van der Waals surface area contributed by atoms with Gasteiger partial charge in [-0.2, -0.15) is 0 Å². The number of fused-ring (bicyclic) bond motifs is 1. The van der Waals surface area contributed by atoms with Gasteiger partial charge in [-0.1, -0.05) is 60.7 Å². The van der Waals surface area contributed by atoms with Gasteiger partial charge in [-0.25, -0.2) is 0 Å². The van der Waals surface area contributed by atoms with Crippen LogP contribution in [-0.2, 0) is 0 Å². The summed E-state index contributed by atoms with van der Waals surface area (Å²) >= 11 is 0. The molecule has 2 aromatic carbocycles. The minimum atomic E-state index is 0.450. The Kier molecular flexibility index (Phi) is 2.14. The van der Waals surface area contributed by atoms with Crippen molar-refractivity contribution in [2.45, 2.75) is 12.8 Å². The molecule has 78 valence electrons. The molecule has 0 aromatic heterocycles. The molecule has 2 aromatic rings. The van der Waals surface area contributed by atoms with Crippen molar-refractivity contribution in [3.05, 3.63) is 71.8 Å². The van der Waals surface area contributed by atoms with E-state index in [9.17, 15) is 0 Å². The number of hydrogen-bond acceptors (Lipinski definition) is 0. The van der Waals surface area contributed by atoms with Crippen LogP contribution in [0.2, 0.25) is 0 Å². The number of allylic oxidation sites excluding steroid dienone is 4. The van der Waals surface area contributed by atoms with Crippen molar-refractivity contribution in [2.24, 2.45) is 0 Å². The molecule has 0 bridgehead atoms. The Morgan fingerprint density at radius 1 is 0.875 bits per heavy atom. The van der Waals surface area contributed by atoms with Crippen LogP contribution < -0.4 is 0 Å². The minimum Gasteiger partial charge on any atom is -0.0732 e. The Labute approximate surface area is 95.9 Å². The maximum atomic E-state index is 2.26. The van der Waals surface area contributed by atoms with Crippen LogP contribution in [0.4, 0.5) is 0 Å². The Balaban J connectivity index is 2.32. The molecule has 0 fully saturated rings. The summed E-state index contributed by atoms with van der Waals surface area (Å²) in [6.07, 6.45) is 8.78. The number of hydrogen-bond donors (Lipinski definition) is 0. The minimum absolute atomic E-state index is 0.450. The molecular formula is C16H14. The predicted molar refractivity (Wildman–Crippen MR) is 69.7 cm³/mol. The van der Waals surface area contributed by atoms with Crippen LogP contribution in [0, 0.1) is 6.92 Å². The average molecular weight is 206 g/mol. The van der Waals surface area contributed by atoms with E-state index in [1.54, 1.807) is 0 Å². The van der Waals surface area contributed by atoms with Crippen molar-refractivity contribution in [3.63, 3.8) is 0 Å². The standard InChI is InChI=1S/C16H14/c1-12-10-11-13-6-4-5-9-15(13)16(12)14-7-2-3-8-14/h2-11,14H,1H3. The van der Waals surface area contributed by atoms with Gasteiger partial charge in [0.25, 0.3) is 0 Å². The summed E-state index contributed by atoms with van der Waals surface area (Å²) in [5.41, 5.74) is 2.82. The van der Waals surface area contributed by atoms with Crippen LogP contribution in [0.3, 0.4) is 0 Å². The zero-order chi connectivity index (χ0) is 11.0. The first-order valence-electron chi connectivity index (χ1n) is 5.69. The van der Waals surface area contributed by atoms with Gasteiger partial charge in [0.1, 0.15) is 0 Å². The molecule has 1 aliphatic rings. The highest BCUT2D eigenvalue weighted by molar-refractivity contribution is 5.87. The Morgan fingerprint density at radius 2 is 1.62 bits per heavy atom. The third-order valence-corrected chi connectivity index (χ3v) is 3.27. The zero-order valence-electron chi connectivity index (χ0n) is 9.35. The van der Waals surface area contributed by atoms with Crippen molar-refractivity contribution in [1.82, 2.24) is 0 Å². The van der Waals surface area contributed by atoms with E-state index < -0.39 is 0 Å². The second-order valence-corrected chi connectivity index (χ2v) is 4.31. The molecule has 0 atom stereocenters. The maximum Gasteiger partial charge on any atom is 0.0213 e. The third-order valence-electron chi connectivity index (χ3n) is 3.27. The fourth-order valence-electron chi connectivity index (χ4n) is 2.47. The van der Waals surface area contributed by atoms with Crippen molar-refractivity contribution in [1.29, 1.82) is 0 Å². The Morgan fingerprint density at radius 3 is 2.44 bits per heavy atom. The highest BCUT2D eigenvalue weighted by Crippen LogP contribution is 2.32. The normalized spacial score (nSPS) is 15.1. The molecule has 0 unspecified atom stereocenters. The lowest BCUT2D eigenvalue weighted by Gasteiger charge is -2.13. The molecule has 0 amide bonds. The van der Waals surface area contributed by atoms with E-state index in [-0.39, 0.29) is 0 Å². The van der Waals surface area contributed by atoms with E-state index in [4.69, 9.17) is 0 Å². The van der Waals surface area contributed by atoms with Crippen molar-refractivity contribution < 1.29 is 0 Å². The second kappa shape index (κ2) is 3.64. The molecule has 3 rings (SSSR count). The van der Waals surface area contributed by atoms with E-state index in [2.05, 4.69) is 67.6 Å². The second-order valence-electron chi connectivity index (χ2n) is 4.31. The molecule has 0 spiro atoms. The summed E-state index contributed by atoms with van der Waals surface area (Å²) in [6, 6.07) is 13.0. The molecule has 0 radical (unpaired) electrons. The van der Waals surface area contributed by atoms with Gasteiger partial charge in [0.15, 0.2) is 0 Å². The van der Waals surface area contributed by atoms with Gasteiger partial charge in [-0.15, -0.1) is 0 Å². The first-order valence-corrected chi connectivity index (χ1v) is 5.69. The van der Waals surface area contributed by atoms with Gasteiger partial charge in [0.2, 0.25) is 0 Å². The molecule has 16 heavy (non-hydrogen) atoms. The van der Waals surface area contributed by atoms with Crippen molar-refractivity contribution in [3.8, 4) is 0 Å². The van der Waals surface area contributed by atoms with Gasteiger partial charge < -0.3 is 0 Å². The van der Waals surface area contributed by atoms with Crippen molar-refractivity contribution >= 4 is 10.8 Å². The lowest BCUT2D eigenvalue weighted by atomic mass is 9.90. The molecule has 0 nitrogen and oxygen atoms in total. The van der Waals surface area contributed by atoms with Crippen LogP contribution in [0.15, 0.2) is 60.7 Å². The molecule has 0 saturated carbocycles. The van der Waals surface area contributed by atoms with Crippen LogP contribution >= 0.6 is 0 Å². The smallest absolute Gasteiger partial charge is 0.0213 e. The maximum absolute atomic E-state index is 2.26. The molecule has 0 heteroatoms. The Hall–Kier alpha value is -1.82. The summed E-state index contributed by atoms with van der Waals surface area (Å²) in [4.78, 5) is 0. The average Bonchev–Trinajstić information content (AvgIpc) is 2.82. The predicted octanol–water partition coefficient (Wildman–Crippen LogP) is 4.36. The van der Waals surface area contributed by atoms with E-state index in [0.717, 1.165) is 0 Å². The molecular weight excluding hydrogens is 192 g/mol. The summed E-state index contributed by atoms with van der Waals surface area (Å²) < 4.78 is 0. The largest absolute Gasteiger partial charge is 0.0732 e. The quantitative estimate of drug-likeness (QED) is 0.650. The van der Waals surface area contributed by atoms with Gasteiger partial charge in [-0.3, -0.25) is 0 Å². The Bertz CT molecular complexity index is 576. The fourth-order valence-corrected chi connectivity index (χ4v) is 2.47. The molecule has 0 aliphatic heterocycles. The number of aryl methyl sites for hydroxylation is 1. The van der Waals surface area contributed by atoms with E-state index in [1.165, 1.54) is 21.9 Å². The molecule has 0 saturated heterocycles. The van der Waals surface area contributed by atoms with Crippen LogP contribution in [-0.4, -0.2) is 0 Å².